The summed E-state index contributed by atoms with van der Waals surface area (Å²) in [6.45, 7) is 2.65. The molecule has 1 aromatic rings. The van der Waals surface area contributed by atoms with E-state index >= 15 is 0 Å². The third-order valence-electron chi connectivity index (χ3n) is 1.39. The fourth-order valence-electron chi connectivity index (χ4n) is 0.863. The number of nitrogens with zero attached hydrogens (tertiary/aromatic N) is 2. The Balaban J connectivity index is 3.17. The number of amidine groups is 1. The summed E-state index contributed by atoms with van der Waals surface area (Å²) in [4.78, 5) is 3.82. The number of halogens is 1. The van der Waals surface area contributed by atoms with Crippen LogP contribution in [0.25, 0.3) is 0 Å². The van der Waals surface area contributed by atoms with Gasteiger partial charge in [0.25, 0.3) is 0 Å². The van der Waals surface area contributed by atoms with E-state index in [1.54, 1.807) is 10.9 Å². The molecule has 0 radical (unpaired) electrons. The van der Waals surface area contributed by atoms with Crippen molar-refractivity contribution in [2.75, 3.05) is 0 Å². The molecule has 0 aromatic carbocycles. The van der Waals surface area contributed by atoms with Crippen LogP contribution < -0.4 is 5.73 Å². The number of hydrogen-bond donors (Lipinski definition) is 2. The molecule has 4 nitrogen and oxygen atoms in total. The van der Waals surface area contributed by atoms with Crippen LogP contribution in [0.3, 0.4) is 0 Å². The maximum Gasteiger partial charge on any atom is 0.158 e. The van der Waals surface area contributed by atoms with Gasteiger partial charge in [-0.2, -0.15) is 0 Å². The normalized spacial score (nSPS) is 10.0. The van der Waals surface area contributed by atoms with Crippen LogP contribution in [0.2, 0.25) is 5.15 Å². The molecule has 0 fully saturated rings. The summed E-state index contributed by atoms with van der Waals surface area (Å²) in [6.07, 6.45) is 1.57. The van der Waals surface area contributed by atoms with Gasteiger partial charge in [0, 0.05) is 6.54 Å². The molecule has 3 N–H and O–H groups in total. The predicted molar refractivity (Wildman–Crippen MR) is 43.9 cm³/mol. The van der Waals surface area contributed by atoms with Crippen molar-refractivity contribution in [2.45, 2.75) is 13.5 Å². The summed E-state index contributed by atoms with van der Waals surface area (Å²) < 4.78 is 1.73. The van der Waals surface area contributed by atoms with Crippen molar-refractivity contribution >= 4 is 17.4 Å². The Hall–Kier alpha value is -1.03. The molecule has 0 saturated heterocycles. The first-order valence-electron chi connectivity index (χ1n) is 3.21. The second kappa shape index (κ2) is 2.92. The van der Waals surface area contributed by atoms with Gasteiger partial charge < -0.3 is 10.3 Å². The molecule has 0 aliphatic carbocycles. The summed E-state index contributed by atoms with van der Waals surface area (Å²) >= 11 is 5.67. The third-order valence-corrected chi connectivity index (χ3v) is 1.67. The largest absolute Gasteiger partial charge is 0.382 e. The Morgan fingerprint density at radius 1 is 1.91 bits per heavy atom. The quantitative estimate of drug-likeness (QED) is 0.513. The molecule has 0 atom stereocenters. The molecule has 1 rings (SSSR count). The smallest absolute Gasteiger partial charge is 0.158 e. The minimum atomic E-state index is -0.0469. The van der Waals surface area contributed by atoms with Crippen molar-refractivity contribution in [3.05, 3.63) is 17.2 Å². The minimum absolute atomic E-state index is 0.0469. The Morgan fingerprint density at radius 2 is 2.55 bits per heavy atom. The fraction of sp³-hybridized carbons (Fsp3) is 0.333. The second-order valence-corrected chi connectivity index (χ2v) is 2.44. The Kier molecular flexibility index (Phi) is 2.14. The molecule has 0 spiro atoms. The SMILES string of the molecule is CCn1cnc(Cl)c1C(=N)N. The summed E-state index contributed by atoms with van der Waals surface area (Å²) in [6, 6.07) is 0. The lowest BCUT2D eigenvalue weighted by molar-refractivity contribution is 0.753. The van der Waals surface area contributed by atoms with E-state index in [1.807, 2.05) is 6.92 Å². The van der Waals surface area contributed by atoms with Crippen molar-refractivity contribution in [3.63, 3.8) is 0 Å². The number of imidazole rings is 1. The molecule has 0 saturated carbocycles. The minimum Gasteiger partial charge on any atom is -0.382 e. The van der Waals surface area contributed by atoms with E-state index in [4.69, 9.17) is 22.7 Å². The number of nitrogen functional groups attached to an aromatic ring is 1. The summed E-state index contributed by atoms with van der Waals surface area (Å²) in [5, 5.41) is 7.46. The number of aromatic nitrogens is 2. The zero-order valence-corrected chi connectivity index (χ0v) is 6.89. The molecular formula is C6H9ClN4. The standard InChI is InChI=1S/C6H9ClN4/c1-2-11-3-10-5(7)4(11)6(8)9/h3H,2H2,1H3,(H3,8,9). The van der Waals surface area contributed by atoms with Gasteiger partial charge in [-0.3, -0.25) is 5.41 Å². The van der Waals surface area contributed by atoms with Gasteiger partial charge in [-0.05, 0) is 6.92 Å². The topological polar surface area (TPSA) is 67.7 Å². The van der Waals surface area contributed by atoms with Gasteiger partial charge in [-0.1, -0.05) is 11.6 Å². The highest BCUT2D eigenvalue weighted by Gasteiger charge is 2.09. The van der Waals surface area contributed by atoms with Crippen LogP contribution in [-0.4, -0.2) is 15.4 Å². The maximum atomic E-state index is 7.17. The lowest BCUT2D eigenvalue weighted by Crippen LogP contribution is -2.16. The molecule has 0 amide bonds. The lowest BCUT2D eigenvalue weighted by Gasteiger charge is -2.01. The Bertz CT molecular complexity index is 278. The Labute approximate surface area is 69.5 Å². The van der Waals surface area contributed by atoms with Crippen molar-refractivity contribution in [1.82, 2.24) is 9.55 Å². The summed E-state index contributed by atoms with van der Waals surface area (Å²) in [5.41, 5.74) is 5.77. The van der Waals surface area contributed by atoms with Gasteiger partial charge in [0.05, 0.1) is 6.33 Å². The van der Waals surface area contributed by atoms with Crippen molar-refractivity contribution < 1.29 is 0 Å². The average Bonchev–Trinajstić information content (AvgIpc) is 2.30. The van der Waals surface area contributed by atoms with Crippen molar-refractivity contribution in [3.8, 4) is 0 Å². The van der Waals surface area contributed by atoms with Gasteiger partial charge in [0.2, 0.25) is 0 Å². The maximum absolute atomic E-state index is 7.17. The van der Waals surface area contributed by atoms with Gasteiger partial charge in [0.1, 0.15) is 11.5 Å². The number of aryl methyl sites for hydroxylation is 1. The molecule has 1 heterocycles. The average molecular weight is 173 g/mol. The van der Waals surface area contributed by atoms with Crippen LogP contribution >= 0.6 is 11.6 Å². The highest BCUT2D eigenvalue weighted by Crippen LogP contribution is 2.12. The van der Waals surface area contributed by atoms with Crippen LogP contribution in [-0.2, 0) is 6.54 Å². The highest BCUT2D eigenvalue weighted by molar-refractivity contribution is 6.32. The number of hydrogen-bond acceptors (Lipinski definition) is 2. The van der Waals surface area contributed by atoms with Crippen molar-refractivity contribution in [1.29, 1.82) is 5.41 Å². The second-order valence-electron chi connectivity index (χ2n) is 2.08. The lowest BCUT2D eigenvalue weighted by atomic mass is 10.4. The first-order chi connectivity index (χ1) is 5.16. The van der Waals surface area contributed by atoms with Gasteiger partial charge in [-0.15, -0.1) is 0 Å². The predicted octanol–water partition coefficient (Wildman–Crippen LogP) is 0.840. The van der Waals surface area contributed by atoms with E-state index in [1.165, 1.54) is 0 Å². The van der Waals surface area contributed by atoms with E-state index in [0.717, 1.165) is 0 Å². The van der Waals surface area contributed by atoms with E-state index in [9.17, 15) is 0 Å². The summed E-state index contributed by atoms with van der Waals surface area (Å²) in [7, 11) is 0. The molecule has 0 aliphatic rings. The first kappa shape index (κ1) is 8.07. The molecule has 60 valence electrons. The van der Waals surface area contributed by atoms with Crippen molar-refractivity contribution in [2.24, 2.45) is 5.73 Å². The molecule has 11 heavy (non-hydrogen) atoms. The molecular weight excluding hydrogens is 164 g/mol. The fourth-order valence-corrected chi connectivity index (χ4v) is 1.12. The van der Waals surface area contributed by atoms with E-state index in [2.05, 4.69) is 4.98 Å². The molecule has 0 unspecified atom stereocenters. The number of rotatable bonds is 2. The Morgan fingerprint density at radius 3 is 2.91 bits per heavy atom. The number of nitrogens with two attached hydrogens (primary N) is 1. The van der Waals surface area contributed by atoms with Crippen LogP contribution in [0.5, 0.6) is 0 Å². The van der Waals surface area contributed by atoms with Crippen LogP contribution in [0.1, 0.15) is 12.6 Å². The highest BCUT2D eigenvalue weighted by atomic mass is 35.5. The van der Waals surface area contributed by atoms with Crippen LogP contribution in [0, 0.1) is 5.41 Å². The first-order valence-corrected chi connectivity index (χ1v) is 3.59. The zero-order chi connectivity index (χ0) is 8.43. The van der Waals surface area contributed by atoms with Crippen LogP contribution in [0.4, 0.5) is 0 Å². The molecule has 1 aromatic heterocycles. The zero-order valence-electron chi connectivity index (χ0n) is 6.13. The van der Waals surface area contributed by atoms with E-state index < -0.39 is 0 Å². The molecule has 0 aliphatic heterocycles. The molecule has 5 heteroatoms. The molecule has 0 bridgehead atoms. The van der Waals surface area contributed by atoms with Crippen LogP contribution in [0.15, 0.2) is 6.33 Å². The van der Waals surface area contributed by atoms with E-state index in [-0.39, 0.29) is 5.84 Å². The summed E-state index contributed by atoms with van der Waals surface area (Å²) in [5.74, 6) is -0.0469. The third kappa shape index (κ3) is 1.35. The van der Waals surface area contributed by atoms with E-state index in [0.29, 0.717) is 17.4 Å². The van der Waals surface area contributed by atoms with Gasteiger partial charge in [-0.25, -0.2) is 4.98 Å². The van der Waals surface area contributed by atoms with Gasteiger partial charge >= 0.3 is 0 Å². The monoisotopic (exact) mass is 172 g/mol. The van der Waals surface area contributed by atoms with Gasteiger partial charge in [0.15, 0.2) is 5.15 Å². The number of nitrogens with one attached hydrogen (secondary N) is 1.